The third-order valence-electron chi connectivity index (χ3n) is 2.50. The van der Waals surface area contributed by atoms with Crippen molar-refractivity contribution in [3.8, 4) is 5.75 Å². The topological polar surface area (TPSA) is 135 Å². The van der Waals surface area contributed by atoms with Gasteiger partial charge in [0.2, 0.25) is 10.0 Å². The summed E-state index contributed by atoms with van der Waals surface area (Å²) in [5.74, 6) is -0.452. The Morgan fingerprint density at radius 1 is 0.947 bits per heavy atom. The van der Waals surface area contributed by atoms with Crippen molar-refractivity contribution in [1.29, 1.82) is 0 Å². The summed E-state index contributed by atoms with van der Waals surface area (Å²) in [4.78, 5) is -0.698. The summed E-state index contributed by atoms with van der Waals surface area (Å²) >= 11 is 0. The lowest BCUT2D eigenvalue weighted by Crippen LogP contribution is -2.11. The largest absolute Gasteiger partial charge is 0.507 e. The van der Waals surface area contributed by atoms with Gasteiger partial charge in [0.1, 0.15) is 5.75 Å². The number of nitrogens with two attached hydrogens (primary N) is 1. The molecule has 0 heterocycles. The number of phenolic OH excluding ortho intramolecular Hbond substituents is 1. The average molecular weight is 303 g/mol. The van der Waals surface area contributed by atoms with Crippen molar-refractivity contribution in [3.05, 3.63) is 30.3 Å². The summed E-state index contributed by atoms with van der Waals surface area (Å²) in [7, 11) is -8.39. The molecule has 0 fully saturated rings. The molecule has 19 heavy (non-hydrogen) atoms. The van der Waals surface area contributed by atoms with Crippen molar-refractivity contribution in [1.82, 2.24) is 0 Å². The zero-order valence-corrected chi connectivity index (χ0v) is 10.9. The molecule has 0 saturated carbocycles. The van der Waals surface area contributed by atoms with Gasteiger partial charge in [0.25, 0.3) is 10.1 Å². The number of rotatable bonds is 2. The van der Waals surface area contributed by atoms with Crippen molar-refractivity contribution in [2.75, 3.05) is 0 Å². The second kappa shape index (κ2) is 4.17. The van der Waals surface area contributed by atoms with Gasteiger partial charge in [0.05, 0.1) is 9.79 Å². The Labute approximate surface area is 109 Å². The summed E-state index contributed by atoms with van der Waals surface area (Å²) in [5, 5.41) is 15.0. The Morgan fingerprint density at radius 2 is 1.58 bits per heavy atom. The van der Waals surface area contributed by atoms with E-state index in [4.69, 9.17) is 9.69 Å². The molecule has 7 nitrogen and oxygen atoms in total. The lowest BCUT2D eigenvalue weighted by atomic mass is 10.1. The van der Waals surface area contributed by atoms with E-state index < -0.39 is 30.8 Å². The molecule has 0 aliphatic rings. The van der Waals surface area contributed by atoms with Crippen molar-refractivity contribution < 1.29 is 26.5 Å². The molecule has 0 aromatic heterocycles. The highest BCUT2D eigenvalue weighted by Crippen LogP contribution is 2.30. The highest BCUT2D eigenvalue weighted by molar-refractivity contribution is 7.89. The lowest BCUT2D eigenvalue weighted by molar-refractivity contribution is 0.479. The van der Waals surface area contributed by atoms with Gasteiger partial charge in [-0.25, -0.2) is 13.6 Å². The first kappa shape index (κ1) is 13.7. The predicted octanol–water partition coefficient (Wildman–Crippen LogP) is 0.440. The molecule has 0 unspecified atom stereocenters. The van der Waals surface area contributed by atoms with Gasteiger partial charge in [-0.05, 0) is 23.6 Å². The average Bonchev–Trinajstić information content (AvgIpc) is 2.26. The standard InChI is InChI=1S/C10H9NO6S2/c11-18(13,14)8-3-6-1-2-7(19(15,16)17)4-9(6)10(12)5-8/h1-5,12H,(H2,11,13,14)(H,15,16,17). The van der Waals surface area contributed by atoms with Crippen LogP contribution in [0, 0.1) is 0 Å². The normalized spacial score (nSPS) is 12.7. The van der Waals surface area contributed by atoms with E-state index in [1.807, 2.05) is 0 Å². The molecule has 4 N–H and O–H groups in total. The number of fused-ring (bicyclic) bond motifs is 1. The van der Waals surface area contributed by atoms with E-state index in [-0.39, 0.29) is 15.7 Å². The van der Waals surface area contributed by atoms with E-state index in [0.29, 0.717) is 0 Å². The molecule has 0 aliphatic heterocycles. The van der Waals surface area contributed by atoms with Crippen LogP contribution < -0.4 is 5.14 Å². The minimum Gasteiger partial charge on any atom is -0.507 e. The molecule has 0 radical (unpaired) electrons. The van der Waals surface area contributed by atoms with Crippen molar-refractivity contribution in [2.45, 2.75) is 9.79 Å². The van der Waals surface area contributed by atoms with Crippen LogP contribution in [0.15, 0.2) is 40.1 Å². The van der Waals surface area contributed by atoms with Crippen LogP contribution in [0.5, 0.6) is 5.75 Å². The Bertz CT molecular complexity index is 870. The lowest BCUT2D eigenvalue weighted by Gasteiger charge is -2.06. The summed E-state index contributed by atoms with van der Waals surface area (Å²) in [6, 6.07) is 5.48. The maximum Gasteiger partial charge on any atom is 0.294 e. The fourth-order valence-corrected chi connectivity index (χ4v) is 2.69. The highest BCUT2D eigenvalue weighted by atomic mass is 32.2. The zero-order chi connectivity index (χ0) is 14.4. The van der Waals surface area contributed by atoms with Crippen LogP contribution in [-0.2, 0) is 20.1 Å². The monoisotopic (exact) mass is 303 g/mol. The van der Waals surface area contributed by atoms with E-state index in [1.54, 1.807) is 0 Å². The molecule has 0 bridgehead atoms. The zero-order valence-electron chi connectivity index (χ0n) is 9.31. The second-order valence-corrected chi connectivity index (χ2v) is 6.83. The van der Waals surface area contributed by atoms with Crippen molar-refractivity contribution in [3.63, 3.8) is 0 Å². The van der Waals surface area contributed by atoms with E-state index in [2.05, 4.69) is 0 Å². The minimum absolute atomic E-state index is 0.0857. The number of benzene rings is 2. The molecular formula is C10H9NO6S2. The van der Waals surface area contributed by atoms with Crippen molar-refractivity contribution in [2.24, 2.45) is 5.14 Å². The molecule has 2 aromatic carbocycles. The number of hydrogen-bond acceptors (Lipinski definition) is 5. The van der Waals surface area contributed by atoms with Crippen LogP contribution in [0.25, 0.3) is 10.8 Å². The molecule has 2 rings (SSSR count). The third-order valence-corrected chi connectivity index (χ3v) is 4.25. The Hall–Kier alpha value is -1.68. The maximum absolute atomic E-state index is 11.2. The van der Waals surface area contributed by atoms with Crippen LogP contribution in [0.3, 0.4) is 0 Å². The van der Waals surface area contributed by atoms with Gasteiger partial charge in [-0.1, -0.05) is 6.07 Å². The van der Waals surface area contributed by atoms with Gasteiger partial charge in [-0.15, -0.1) is 0 Å². The number of aromatic hydroxyl groups is 1. The maximum atomic E-state index is 11.2. The van der Waals surface area contributed by atoms with E-state index >= 15 is 0 Å². The number of hydrogen-bond donors (Lipinski definition) is 3. The SMILES string of the molecule is NS(=O)(=O)c1cc(O)c2cc(S(=O)(=O)O)ccc2c1. The summed E-state index contributed by atoms with van der Waals surface area (Å²) < 4.78 is 53.2. The Morgan fingerprint density at radius 3 is 2.11 bits per heavy atom. The van der Waals surface area contributed by atoms with Gasteiger partial charge in [-0.3, -0.25) is 4.55 Å². The number of primary sulfonamides is 1. The van der Waals surface area contributed by atoms with Gasteiger partial charge in [0.15, 0.2) is 0 Å². The van der Waals surface area contributed by atoms with Gasteiger partial charge < -0.3 is 5.11 Å². The first-order valence-electron chi connectivity index (χ1n) is 4.86. The van der Waals surface area contributed by atoms with E-state index in [1.165, 1.54) is 12.1 Å². The quantitative estimate of drug-likeness (QED) is 0.689. The first-order chi connectivity index (χ1) is 8.59. The van der Waals surface area contributed by atoms with Crippen LogP contribution in [0.2, 0.25) is 0 Å². The van der Waals surface area contributed by atoms with Gasteiger partial charge >= 0.3 is 0 Å². The van der Waals surface area contributed by atoms with Gasteiger partial charge in [0, 0.05) is 11.5 Å². The predicted molar refractivity (Wildman–Crippen MR) is 66.8 cm³/mol. The third kappa shape index (κ3) is 2.68. The molecule has 0 aliphatic carbocycles. The fraction of sp³-hybridized carbons (Fsp3) is 0. The van der Waals surface area contributed by atoms with Crippen LogP contribution in [0.1, 0.15) is 0 Å². The second-order valence-electron chi connectivity index (χ2n) is 3.85. The fourth-order valence-electron chi connectivity index (χ4n) is 1.62. The Kier molecular flexibility index (Phi) is 3.01. The van der Waals surface area contributed by atoms with Crippen molar-refractivity contribution >= 4 is 30.9 Å². The highest BCUT2D eigenvalue weighted by Gasteiger charge is 2.15. The minimum atomic E-state index is -4.40. The molecule has 0 spiro atoms. The summed E-state index contributed by atoms with van der Waals surface area (Å²) in [6.45, 7) is 0. The smallest absolute Gasteiger partial charge is 0.294 e. The molecule has 2 aromatic rings. The van der Waals surface area contributed by atoms with Crippen LogP contribution in [-0.4, -0.2) is 26.5 Å². The van der Waals surface area contributed by atoms with Crippen LogP contribution >= 0.6 is 0 Å². The van der Waals surface area contributed by atoms with Crippen LogP contribution in [0.4, 0.5) is 0 Å². The molecule has 102 valence electrons. The molecule has 9 heteroatoms. The van der Waals surface area contributed by atoms with Gasteiger partial charge in [-0.2, -0.15) is 8.42 Å². The molecule has 0 amide bonds. The molecule has 0 saturated heterocycles. The van der Waals surface area contributed by atoms with E-state index in [0.717, 1.165) is 18.2 Å². The summed E-state index contributed by atoms with van der Waals surface area (Å²) in [6.07, 6.45) is 0. The first-order valence-corrected chi connectivity index (χ1v) is 7.85. The summed E-state index contributed by atoms with van der Waals surface area (Å²) in [5.41, 5.74) is 0. The number of phenols is 1. The molecular weight excluding hydrogens is 294 g/mol. The molecule has 0 atom stereocenters. The Balaban J connectivity index is 2.82. The van der Waals surface area contributed by atoms with E-state index in [9.17, 15) is 21.9 Å². The number of sulfonamides is 1.